The van der Waals surface area contributed by atoms with Gasteiger partial charge in [-0.15, -0.1) is 0 Å². The van der Waals surface area contributed by atoms with Crippen molar-refractivity contribution in [1.29, 1.82) is 0 Å². The van der Waals surface area contributed by atoms with Crippen LogP contribution in [0.5, 0.6) is 0 Å². The molecule has 0 amide bonds. The van der Waals surface area contributed by atoms with Crippen molar-refractivity contribution < 1.29 is 0 Å². The van der Waals surface area contributed by atoms with Crippen LogP contribution in [0.15, 0.2) is 364 Å². The first-order valence-electron chi connectivity index (χ1n) is 42.9. The van der Waals surface area contributed by atoms with E-state index in [2.05, 4.69) is 419 Å². The van der Waals surface area contributed by atoms with Crippen LogP contribution in [0.2, 0.25) is 0 Å². The molecule has 120 heavy (non-hydrogen) atoms. The van der Waals surface area contributed by atoms with Gasteiger partial charge in [0.25, 0.3) is 0 Å². The van der Waals surface area contributed by atoms with E-state index in [1.165, 1.54) is 265 Å². The van der Waals surface area contributed by atoms with E-state index in [1.807, 2.05) is 0 Å². The topological polar surface area (TPSA) is 0 Å². The number of hydrogen-bond acceptors (Lipinski definition) is 0. The first-order valence-corrected chi connectivity index (χ1v) is 42.9. The van der Waals surface area contributed by atoms with Gasteiger partial charge in [0.05, 0.1) is 0 Å². The molecule has 0 heterocycles. The maximum Gasteiger partial charge on any atom is 0.0159 e. The minimum atomic E-state index is -0.0950. The van der Waals surface area contributed by atoms with Crippen molar-refractivity contribution >= 4 is 64.6 Å². The van der Waals surface area contributed by atoms with Crippen molar-refractivity contribution in [2.75, 3.05) is 0 Å². The smallest absolute Gasteiger partial charge is 0.0159 e. The maximum atomic E-state index is 2.51. The highest BCUT2D eigenvalue weighted by Gasteiger charge is 2.41. The Bertz CT molecular complexity index is 7960. The van der Waals surface area contributed by atoms with E-state index in [4.69, 9.17) is 0 Å². The van der Waals surface area contributed by atoms with Gasteiger partial charge in [0.1, 0.15) is 0 Å². The lowest BCUT2D eigenvalue weighted by molar-refractivity contribution is 0.660. The minimum Gasteiger partial charge on any atom is -0.0619 e. The van der Waals surface area contributed by atoms with E-state index in [0.29, 0.717) is 0 Å². The van der Waals surface area contributed by atoms with Gasteiger partial charge < -0.3 is 0 Å². The molecule has 20 aromatic rings. The number of fused-ring (bicyclic) bond motifs is 22. The van der Waals surface area contributed by atoms with Gasteiger partial charge in [0.15, 0.2) is 0 Å². The summed E-state index contributed by atoms with van der Waals surface area (Å²) >= 11 is 0. The zero-order chi connectivity index (χ0) is 80.1. The molecule has 0 aromatic heterocycles. The second-order valence-electron chi connectivity index (χ2n) is 36.7. The van der Waals surface area contributed by atoms with Crippen LogP contribution in [0.4, 0.5) is 0 Å². The molecule has 0 fully saturated rings. The van der Waals surface area contributed by atoms with Gasteiger partial charge in [-0.1, -0.05) is 383 Å². The fourth-order valence-electron chi connectivity index (χ4n) is 23.5. The molecule has 0 atom stereocenters. The van der Waals surface area contributed by atoms with Gasteiger partial charge >= 0.3 is 0 Å². The summed E-state index contributed by atoms with van der Waals surface area (Å²) < 4.78 is 0. The second kappa shape index (κ2) is 24.8. The lowest BCUT2D eigenvalue weighted by Crippen LogP contribution is -2.15. The average molecular weight is 1530 g/mol. The number of hydrogen-bond donors (Lipinski definition) is 0. The minimum absolute atomic E-state index is 0.0664. The molecule has 0 spiro atoms. The zero-order valence-corrected chi connectivity index (χ0v) is 68.6. The van der Waals surface area contributed by atoms with Crippen molar-refractivity contribution in [3.63, 3.8) is 0 Å². The molecule has 0 radical (unpaired) electrons. The molecule has 0 bridgehead atoms. The third kappa shape index (κ3) is 9.42. The summed E-state index contributed by atoms with van der Waals surface area (Å²) in [6.07, 6.45) is 0. The summed E-state index contributed by atoms with van der Waals surface area (Å²) in [5.41, 5.74) is 47.6. The Morgan fingerprint density at radius 2 is 0.333 bits per heavy atom. The molecule has 0 nitrogen and oxygen atoms in total. The molecule has 6 aliphatic rings. The Kier molecular flexibility index (Phi) is 14.3. The van der Waals surface area contributed by atoms with E-state index in [1.54, 1.807) is 0 Å². The van der Waals surface area contributed by atoms with E-state index in [-0.39, 0.29) is 21.7 Å². The van der Waals surface area contributed by atoms with Crippen LogP contribution in [0, 0.1) is 0 Å². The normalized spacial score (nSPS) is 14.6. The second-order valence-corrected chi connectivity index (χ2v) is 36.7. The summed E-state index contributed by atoms with van der Waals surface area (Å²) in [6, 6.07) is 139. The molecule has 26 rings (SSSR count). The summed E-state index contributed by atoms with van der Waals surface area (Å²) in [4.78, 5) is 0. The third-order valence-electron chi connectivity index (χ3n) is 29.3. The molecule has 0 N–H and O–H groups in total. The Morgan fingerprint density at radius 3 is 0.700 bits per heavy atom. The Labute approximate surface area is 701 Å². The molecular weight excluding hydrogens is 1440 g/mol. The van der Waals surface area contributed by atoms with E-state index in [0.717, 1.165) is 0 Å². The molecule has 0 heteroatoms. The van der Waals surface area contributed by atoms with Crippen molar-refractivity contribution in [3.05, 3.63) is 408 Å². The van der Waals surface area contributed by atoms with Crippen LogP contribution < -0.4 is 0 Å². The van der Waals surface area contributed by atoms with Gasteiger partial charge in [-0.05, 0) is 301 Å². The molecule has 564 valence electrons. The van der Waals surface area contributed by atoms with Crippen LogP contribution in [0.25, 0.3) is 220 Å². The average Bonchev–Trinajstić information content (AvgIpc) is 0.981. The number of rotatable bonds is 6. The van der Waals surface area contributed by atoms with Crippen molar-refractivity contribution in [1.82, 2.24) is 0 Å². The molecule has 0 unspecified atom stereocenters. The summed E-state index contributed by atoms with van der Waals surface area (Å²) in [6.45, 7) is 19.1. The van der Waals surface area contributed by atoms with Crippen LogP contribution in [0.3, 0.4) is 0 Å². The highest BCUT2D eigenvalue weighted by molar-refractivity contribution is 6.30. The Hall–Kier alpha value is -14.0. The van der Waals surface area contributed by atoms with Gasteiger partial charge in [0.2, 0.25) is 0 Å². The summed E-state index contributed by atoms with van der Waals surface area (Å²) in [5, 5.41) is 15.6. The number of benzene rings is 20. The van der Waals surface area contributed by atoms with Gasteiger partial charge in [0, 0.05) is 21.7 Å². The van der Waals surface area contributed by atoms with Crippen LogP contribution in [-0.4, -0.2) is 0 Å². The van der Waals surface area contributed by atoms with Crippen LogP contribution in [0.1, 0.15) is 99.9 Å². The van der Waals surface area contributed by atoms with Crippen LogP contribution in [-0.2, 0) is 21.7 Å². The largest absolute Gasteiger partial charge is 0.0619 e. The highest BCUT2D eigenvalue weighted by atomic mass is 14.4. The van der Waals surface area contributed by atoms with E-state index < -0.39 is 0 Å². The highest BCUT2D eigenvalue weighted by Crippen LogP contribution is 2.60. The van der Waals surface area contributed by atoms with Gasteiger partial charge in [-0.3, -0.25) is 0 Å². The maximum absolute atomic E-state index is 2.51. The predicted octanol–water partition coefficient (Wildman–Crippen LogP) is 32.8. The standard InChI is InChI=1S/C61H38.C59H46/c1-61(2)55-24-10-9-17-41(55)42-27-25-36(34-56(42)61)35-26-28-53-54(33-35)60(52-32-30-50-40-16-6-4-14-38(40)44-21-12-23-48(52)58(44)50)46-19-8-7-18-45(46)59(53)51-31-29-49-39-15-5-3-13-37(39)43-20-11-22-47(51)57(43)49;1-57(2)49-20-12-9-15-39(49)42-27-23-36(32-52(42)57)35-24-30-47-48(31-35)56(38-26-29-44-41-17-11-14-22-51(41)59(5,6)54(44)34-38)46-19-8-7-18-45(46)55(47)37-25-28-43-40-16-10-13-21-50(40)58(3,4)53(43)33-37/h3-34H,1-2H3;7-34H,1-6H3. The molecule has 0 aliphatic heterocycles. The van der Waals surface area contributed by atoms with E-state index >= 15 is 0 Å². The predicted molar refractivity (Wildman–Crippen MR) is 510 cm³/mol. The molecule has 20 aromatic carbocycles. The molecule has 6 aliphatic carbocycles. The quantitative estimate of drug-likeness (QED) is 0.146. The molecule has 0 saturated carbocycles. The lowest BCUT2D eigenvalue weighted by Gasteiger charge is -2.24. The lowest BCUT2D eigenvalue weighted by atomic mass is 9.79. The van der Waals surface area contributed by atoms with Crippen molar-refractivity contribution in [3.8, 4) is 156 Å². The van der Waals surface area contributed by atoms with Crippen molar-refractivity contribution in [2.45, 2.75) is 77.0 Å². The molecular formula is C120H84. The SMILES string of the molecule is CC1(C)c2ccccc2-c2ccc(-c3ccc4c(-c5ccc6c(c5)C(C)(C)c5ccccc5-6)c5ccccc5c(-c5ccc6c(c5)C(C)(C)c5ccccc5-6)c4c3)cc21.CC1(C)c2ccccc2-c2ccc(-c3ccc4c(-c5ccc6c7c(cccc57)-c5ccccc5-6)c5ccccc5c(-c5ccc6c7c(cccc57)-c5ccccc5-6)c4c3)cc21. The first-order chi connectivity index (χ1) is 58.6. The fourth-order valence-corrected chi connectivity index (χ4v) is 23.5. The Morgan fingerprint density at radius 1 is 0.125 bits per heavy atom. The molecule has 0 saturated heterocycles. The fraction of sp³-hybridized carbons (Fsp3) is 0.100. The van der Waals surface area contributed by atoms with Gasteiger partial charge in [-0.25, -0.2) is 0 Å². The van der Waals surface area contributed by atoms with Crippen molar-refractivity contribution in [2.24, 2.45) is 0 Å². The summed E-state index contributed by atoms with van der Waals surface area (Å²) in [5.74, 6) is 0. The zero-order valence-electron chi connectivity index (χ0n) is 68.6. The van der Waals surface area contributed by atoms with Crippen LogP contribution >= 0.6 is 0 Å². The monoisotopic (exact) mass is 1520 g/mol. The summed E-state index contributed by atoms with van der Waals surface area (Å²) in [7, 11) is 0. The first kappa shape index (κ1) is 69.1. The van der Waals surface area contributed by atoms with Gasteiger partial charge in [-0.2, -0.15) is 0 Å². The Balaban J connectivity index is 0.000000133. The van der Waals surface area contributed by atoms with E-state index in [9.17, 15) is 0 Å². The third-order valence-corrected chi connectivity index (χ3v) is 29.3.